The van der Waals surface area contributed by atoms with E-state index in [0.717, 1.165) is 18.6 Å². The van der Waals surface area contributed by atoms with Gasteiger partial charge in [0.15, 0.2) is 0 Å². The first-order chi connectivity index (χ1) is 8.00. The molecule has 0 amide bonds. The van der Waals surface area contributed by atoms with Gasteiger partial charge in [-0.15, -0.1) is 6.54 Å². The van der Waals surface area contributed by atoms with Crippen LogP contribution in [0.3, 0.4) is 0 Å². The van der Waals surface area contributed by atoms with Crippen molar-refractivity contribution < 1.29 is 17.0 Å². The zero-order valence-electron chi connectivity index (χ0n) is 11.5. The van der Waals surface area contributed by atoms with E-state index >= 15 is 0 Å². The zero-order chi connectivity index (χ0) is 13.3. The Bertz CT molecular complexity index is 190. The van der Waals surface area contributed by atoms with Crippen LogP contribution >= 0.6 is 18.6 Å². The molecule has 1 rings (SSSR count). The Balaban J connectivity index is 0.000000770. The van der Waals surface area contributed by atoms with Gasteiger partial charge in [0.25, 0.3) is 0 Å². The fourth-order valence-electron chi connectivity index (χ4n) is 2.48. The van der Waals surface area contributed by atoms with E-state index in [0.29, 0.717) is 0 Å². The van der Waals surface area contributed by atoms with Crippen LogP contribution < -0.4 is 0 Å². The molecule has 0 atom stereocenters. The number of hydrogen-bond acceptors (Lipinski definition) is 1. The fraction of sp³-hybridized carbons (Fsp3) is 1.00. The first kappa shape index (κ1) is 18.4. The predicted octanol–water partition coefficient (Wildman–Crippen LogP) is 4.45. The molecule has 0 heterocycles. The van der Waals surface area contributed by atoms with E-state index in [4.69, 9.17) is 18.6 Å². The second-order valence-corrected chi connectivity index (χ2v) is 12.6. The van der Waals surface area contributed by atoms with Gasteiger partial charge in [0.2, 0.25) is 0 Å². The molecular formula is C11H25Cl2N2SiTi-. The van der Waals surface area contributed by atoms with Gasteiger partial charge in [0, 0.05) is 0 Å². The Kier molecular flexibility index (Phi) is 11.1. The van der Waals surface area contributed by atoms with Crippen LogP contribution in [-0.2, 0) is 17.0 Å². The standard InChI is InChI=1S/C11H25N2Si.2ClH.Ti/c1-12-9-10-13(2)14(3,4)11-7-5-6-8-11;;;/h11H,5-10H2,1-4H3;2*1H;/q-1;;;+2/p-2. The van der Waals surface area contributed by atoms with E-state index in [9.17, 15) is 0 Å². The molecule has 0 spiro atoms. The van der Waals surface area contributed by atoms with Crippen LogP contribution in [0.1, 0.15) is 25.7 Å². The summed E-state index contributed by atoms with van der Waals surface area (Å²) in [5, 5.41) is 4.20. The Morgan fingerprint density at radius 1 is 1.29 bits per heavy atom. The maximum absolute atomic E-state index is 4.89. The van der Waals surface area contributed by atoms with Crippen molar-refractivity contribution in [2.75, 3.05) is 27.2 Å². The zero-order valence-corrected chi connectivity index (χ0v) is 15.5. The number of halogens is 2. The summed E-state index contributed by atoms with van der Waals surface area (Å²) in [6.45, 7) is 7.21. The molecule has 0 aromatic heterocycles. The van der Waals surface area contributed by atoms with Crippen molar-refractivity contribution in [2.45, 2.75) is 44.3 Å². The Labute approximate surface area is 125 Å². The van der Waals surface area contributed by atoms with Crippen molar-refractivity contribution in [3.63, 3.8) is 0 Å². The molecule has 1 aliphatic carbocycles. The summed E-state index contributed by atoms with van der Waals surface area (Å²) >= 11 is -0.556. The molecule has 0 N–H and O–H groups in total. The third kappa shape index (κ3) is 6.95. The van der Waals surface area contributed by atoms with E-state index < -0.39 is 25.3 Å². The second kappa shape index (κ2) is 10.2. The molecule has 0 aromatic carbocycles. The fourth-order valence-corrected chi connectivity index (χ4v) is 5.60. The van der Waals surface area contributed by atoms with Crippen LogP contribution in [0, 0.1) is 0 Å². The summed E-state index contributed by atoms with van der Waals surface area (Å²) in [4.78, 5) is 0. The number of nitrogens with zero attached hydrogens (tertiary/aromatic N) is 2. The van der Waals surface area contributed by atoms with Gasteiger partial charge < -0.3 is 9.88 Å². The van der Waals surface area contributed by atoms with Crippen molar-refractivity contribution in [1.29, 1.82) is 0 Å². The molecule has 2 nitrogen and oxygen atoms in total. The predicted molar refractivity (Wildman–Crippen MR) is 78.2 cm³/mol. The molecule has 0 aromatic rings. The van der Waals surface area contributed by atoms with Crippen LogP contribution in [0.4, 0.5) is 0 Å². The molecule has 1 aliphatic rings. The summed E-state index contributed by atoms with van der Waals surface area (Å²) in [6.07, 6.45) is 5.89. The molecule has 6 heteroatoms. The third-order valence-electron chi connectivity index (χ3n) is 4.00. The van der Waals surface area contributed by atoms with Gasteiger partial charge in [-0.2, -0.15) is 7.05 Å². The summed E-state index contributed by atoms with van der Waals surface area (Å²) < 4.78 is 2.62. The Morgan fingerprint density at radius 2 is 1.76 bits per heavy atom. The maximum atomic E-state index is 4.89. The number of likely N-dealkylation sites (N-methyl/N-ethyl adjacent to an activating group) is 2. The van der Waals surface area contributed by atoms with Crippen molar-refractivity contribution in [3.05, 3.63) is 5.32 Å². The van der Waals surface area contributed by atoms with Gasteiger partial charge in [-0.3, -0.25) is 0 Å². The molecule has 1 fully saturated rings. The van der Waals surface area contributed by atoms with Crippen LogP contribution in [0.5, 0.6) is 0 Å². The summed E-state index contributed by atoms with van der Waals surface area (Å²) in [7, 11) is 12.9. The summed E-state index contributed by atoms with van der Waals surface area (Å²) in [6, 6.07) is 0. The Hall–Kier alpha value is 1.43. The van der Waals surface area contributed by atoms with Gasteiger partial charge in [-0.05, 0) is 19.1 Å². The number of rotatable bonds is 5. The van der Waals surface area contributed by atoms with Crippen molar-refractivity contribution in [3.8, 4) is 0 Å². The van der Waals surface area contributed by atoms with Crippen molar-refractivity contribution in [1.82, 2.24) is 4.57 Å². The average molecular weight is 332 g/mol. The van der Waals surface area contributed by atoms with E-state index in [1.807, 2.05) is 7.05 Å². The minimum atomic E-state index is -1.14. The summed E-state index contributed by atoms with van der Waals surface area (Å²) in [5.74, 6) is 0. The van der Waals surface area contributed by atoms with Crippen molar-refractivity contribution >= 4 is 26.8 Å². The van der Waals surface area contributed by atoms with Gasteiger partial charge in [0.05, 0.1) is 0 Å². The second-order valence-electron chi connectivity index (χ2n) is 5.17. The van der Waals surface area contributed by atoms with Gasteiger partial charge in [0.1, 0.15) is 8.24 Å². The van der Waals surface area contributed by atoms with Crippen LogP contribution in [0.2, 0.25) is 18.6 Å². The minimum absolute atomic E-state index is 0.556. The van der Waals surface area contributed by atoms with Gasteiger partial charge >= 0.3 is 35.6 Å². The third-order valence-corrected chi connectivity index (χ3v) is 8.76. The van der Waals surface area contributed by atoms with Gasteiger partial charge in [-0.1, -0.05) is 38.8 Å². The quantitative estimate of drug-likeness (QED) is 0.680. The Morgan fingerprint density at radius 3 is 2.18 bits per heavy atom. The van der Waals surface area contributed by atoms with Crippen LogP contribution in [0.15, 0.2) is 0 Å². The SMILES string of the molecule is C[N-]CCN(C)[Si](C)(C)C1CCCC1.[Cl][Ti][Cl]. The molecule has 0 unspecified atom stereocenters. The first-order valence-corrected chi connectivity index (χ1v) is 13.6. The van der Waals surface area contributed by atoms with E-state index in [1.165, 1.54) is 25.7 Å². The summed E-state index contributed by atoms with van der Waals surface area (Å²) in [5.41, 5.74) is 1.03. The molecule has 0 aliphatic heterocycles. The van der Waals surface area contributed by atoms with Gasteiger partial charge in [-0.25, -0.2) is 0 Å². The average Bonchev–Trinajstić information content (AvgIpc) is 2.80. The molecule has 0 saturated heterocycles. The van der Waals surface area contributed by atoms with E-state index in [-0.39, 0.29) is 0 Å². The van der Waals surface area contributed by atoms with Crippen molar-refractivity contribution in [2.24, 2.45) is 0 Å². The molecule has 0 bridgehead atoms. The first-order valence-electron chi connectivity index (χ1n) is 6.23. The number of hydrogen-bond donors (Lipinski definition) is 0. The molecule has 102 valence electrons. The van der Waals surface area contributed by atoms with Crippen LogP contribution in [0.25, 0.3) is 5.32 Å². The normalized spacial score (nSPS) is 16.9. The molecule has 1 saturated carbocycles. The molecule has 0 radical (unpaired) electrons. The molecule has 17 heavy (non-hydrogen) atoms. The molecular weight excluding hydrogens is 307 g/mol. The monoisotopic (exact) mass is 331 g/mol. The van der Waals surface area contributed by atoms with Crippen LogP contribution in [-0.4, -0.2) is 40.0 Å². The topological polar surface area (TPSA) is 17.3 Å². The van der Waals surface area contributed by atoms with E-state index in [1.54, 1.807) is 0 Å². The van der Waals surface area contributed by atoms with E-state index in [2.05, 4.69) is 30.0 Å².